The van der Waals surface area contributed by atoms with Gasteiger partial charge in [0.05, 0.1) is 24.2 Å². The number of hydrogen-bond acceptors (Lipinski definition) is 5. The van der Waals surface area contributed by atoms with Crippen molar-refractivity contribution >= 4 is 5.91 Å². The molecule has 0 aromatic carbocycles. The Balaban J connectivity index is 1.37. The van der Waals surface area contributed by atoms with E-state index < -0.39 is 0 Å². The van der Waals surface area contributed by atoms with E-state index in [0.29, 0.717) is 12.3 Å². The zero-order valence-electron chi connectivity index (χ0n) is 14.7. The van der Waals surface area contributed by atoms with E-state index in [0.717, 1.165) is 26.1 Å². The van der Waals surface area contributed by atoms with Crippen molar-refractivity contribution in [3.8, 4) is 0 Å². The Morgan fingerprint density at radius 1 is 1.38 bits per heavy atom. The second kappa shape index (κ2) is 7.17. The van der Waals surface area contributed by atoms with Gasteiger partial charge in [0.2, 0.25) is 0 Å². The smallest absolute Gasteiger partial charge is 0.286 e. The molecule has 0 aliphatic carbocycles. The minimum Gasteiger partial charge on any atom is -0.459 e. The van der Waals surface area contributed by atoms with E-state index in [1.54, 1.807) is 12.1 Å². The Bertz CT molecular complexity index is 866. The Kier molecular flexibility index (Phi) is 4.57. The lowest BCUT2D eigenvalue weighted by Gasteiger charge is -2.33. The number of rotatable bonds is 6. The summed E-state index contributed by atoms with van der Waals surface area (Å²) in [7, 11) is 1.93. The van der Waals surface area contributed by atoms with E-state index in [-0.39, 0.29) is 11.9 Å². The third-order valence-electron chi connectivity index (χ3n) is 4.63. The minimum atomic E-state index is -0.182. The summed E-state index contributed by atoms with van der Waals surface area (Å²) in [5, 5.41) is 11.6. The monoisotopic (exact) mass is 354 g/mol. The summed E-state index contributed by atoms with van der Waals surface area (Å²) < 4.78 is 9.03. The number of hydrogen-bond donors (Lipinski definition) is 1. The van der Waals surface area contributed by atoms with Gasteiger partial charge >= 0.3 is 0 Å². The third-order valence-corrected chi connectivity index (χ3v) is 4.63. The van der Waals surface area contributed by atoms with Crippen LogP contribution < -0.4 is 5.32 Å². The molecule has 1 amide bonds. The fourth-order valence-electron chi connectivity index (χ4n) is 3.46. The number of fused-ring (bicyclic) bond motifs is 1. The number of nitrogens with one attached hydrogen (secondary N) is 1. The zero-order valence-corrected chi connectivity index (χ0v) is 14.7. The van der Waals surface area contributed by atoms with Gasteiger partial charge in [-0.15, -0.1) is 0 Å². The van der Waals surface area contributed by atoms with Gasteiger partial charge in [-0.25, -0.2) is 0 Å². The predicted molar refractivity (Wildman–Crippen MR) is 94.2 cm³/mol. The molecule has 4 heterocycles. The Labute approximate surface area is 151 Å². The Hall–Kier alpha value is -2.87. The number of nitrogens with zero attached hydrogens (tertiary/aromatic N) is 5. The molecule has 1 atom stereocenters. The predicted octanol–water partition coefficient (Wildman–Crippen LogP) is 1.59. The summed E-state index contributed by atoms with van der Waals surface area (Å²) in [6.07, 6.45) is 8.11. The van der Waals surface area contributed by atoms with Crippen LogP contribution in [0.5, 0.6) is 0 Å². The molecule has 8 heteroatoms. The topological polar surface area (TPSA) is 81.1 Å². The van der Waals surface area contributed by atoms with Gasteiger partial charge in [0, 0.05) is 51.2 Å². The molecule has 8 nitrogen and oxygen atoms in total. The van der Waals surface area contributed by atoms with Crippen LogP contribution in [0.3, 0.4) is 0 Å². The summed E-state index contributed by atoms with van der Waals surface area (Å²) in [4.78, 5) is 14.4. The largest absolute Gasteiger partial charge is 0.459 e. The van der Waals surface area contributed by atoms with Crippen molar-refractivity contribution in [2.24, 2.45) is 7.05 Å². The lowest BCUT2D eigenvalue weighted by molar-refractivity contribution is 0.0919. The van der Waals surface area contributed by atoms with Crippen molar-refractivity contribution in [1.29, 1.82) is 0 Å². The molecule has 0 bridgehead atoms. The van der Waals surface area contributed by atoms with Gasteiger partial charge in [-0.3, -0.25) is 19.1 Å². The van der Waals surface area contributed by atoms with E-state index in [1.165, 1.54) is 17.5 Å². The molecule has 0 saturated heterocycles. The lowest BCUT2D eigenvalue weighted by Crippen LogP contribution is -2.38. The van der Waals surface area contributed by atoms with Crippen molar-refractivity contribution in [3.05, 3.63) is 60.1 Å². The van der Waals surface area contributed by atoms with Crippen LogP contribution in [-0.2, 0) is 20.1 Å². The molecular weight excluding hydrogens is 332 g/mol. The van der Waals surface area contributed by atoms with Gasteiger partial charge in [0.25, 0.3) is 5.91 Å². The van der Waals surface area contributed by atoms with E-state index in [4.69, 9.17) is 4.42 Å². The second-order valence-corrected chi connectivity index (χ2v) is 6.63. The highest BCUT2D eigenvalue weighted by atomic mass is 16.3. The highest BCUT2D eigenvalue weighted by Crippen LogP contribution is 2.24. The van der Waals surface area contributed by atoms with Gasteiger partial charge in [-0.05, 0) is 24.6 Å². The fraction of sp³-hybridized carbons (Fsp3) is 0.389. The zero-order chi connectivity index (χ0) is 17.9. The first-order valence-electron chi connectivity index (χ1n) is 8.73. The molecule has 3 aromatic heterocycles. The molecular formula is C18H22N6O2. The number of carbonyl (C=O) groups excluding carboxylic acids is 1. The fourth-order valence-corrected chi connectivity index (χ4v) is 3.46. The SMILES string of the molecule is Cn1cc(CN2Cc3ccnn3[C@@H](CCNC(=O)c3ccco3)C2)cn1. The van der Waals surface area contributed by atoms with Gasteiger partial charge in [-0.2, -0.15) is 10.2 Å². The van der Waals surface area contributed by atoms with Crippen LogP contribution in [0.15, 0.2) is 47.5 Å². The average molecular weight is 354 g/mol. The molecule has 0 spiro atoms. The van der Waals surface area contributed by atoms with Crippen LogP contribution in [0.4, 0.5) is 0 Å². The molecule has 0 radical (unpaired) electrons. The summed E-state index contributed by atoms with van der Waals surface area (Å²) in [6, 6.07) is 5.66. The Morgan fingerprint density at radius 2 is 2.31 bits per heavy atom. The maximum atomic E-state index is 12.0. The maximum absolute atomic E-state index is 12.0. The lowest BCUT2D eigenvalue weighted by atomic mass is 10.1. The van der Waals surface area contributed by atoms with E-state index in [9.17, 15) is 4.79 Å². The molecule has 0 unspecified atom stereocenters. The first-order chi connectivity index (χ1) is 12.7. The molecule has 1 N–H and O–H groups in total. The summed E-state index contributed by atoms with van der Waals surface area (Å²) in [5.74, 6) is 0.158. The first kappa shape index (κ1) is 16.6. The van der Waals surface area contributed by atoms with Crippen LogP contribution in [0, 0.1) is 0 Å². The molecule has 0 fully saturated rings. The number of aromatic nitrogens is 4. The quantitative estimate of drug-likeness (QED) is 0.727. The van der Waals surface area contributed by atoms with Crippen molar-refractivity contribution in [2.45, 2.75) is 25.6 Å². The van der Waals surface area contributed by atoms with Crippen molar-refractivity contribution in [1.82, 2.24) is 29.8 Å². The van der Waals surface area contributed by atoms with Crippen LogP contribution in [0.25, 0.3) is 0 Å². The summed E-state index contributed by atoms with van der Waals surface area (Å²) in [6.45, 7) is 3.18. The van der Waals surface area contributed by atoms with E-state index in [2.05, 4.69) is 31.2 Å². The summed E-state index contributed by atoms with van der Waals surface area (Å²) >= 11 is 0. The van der Waals surface area contributed by atoms with Gasteiger partial charge < -0.3 is 9.73 Å². The third kappa shape index (κ3) is 3.55. The Morgan fingerprint density at radius 3 is 3.08 bits per heavy atom. The molecule has 4 rings (SSSR count). The highest BCUT2D eigenvalue weighted by molar-refractivity contribution is 5.91. The van der Waals surface area contributed by atoms with E-state index >= 15 is 0 Å². The normalized spacial score (nSPS) is 17.2. The van der Waals surface area contributed by atoms with Crippen LogP contribution >= 0.6 is 0 Å². The molecule has 1 aliphatic heterocycles. The van der Waals surface area contributed by atoms with E-state index in [1.807, 2.05) is 30.3 Å². The van der Waals surface area contributed by atoms with Gasteiger partial charge in [0.1, 0.15) is 0 Å². The second-order valence-electron chi connectivity index (χ2n) is 6.63. The molecule has 26 heavy (non-hydrogen) atoms. The van der Waals surface area contributed by atoms with Crippen LogP contribution in [0.1, 0.15) is 34.3 Å². The number of aryl methyl sites for hydroxylation is 1. The molecule has 1 aliphatic rings. The van der Waals surface area contributed by atoms with Crippen molar-refractivity contribution < 1.29 is 9.21 Å². The number of furan rings is 1. The number of amides is 1. The van der Waals surface area contributed by atoms with Crippen molar-refractivity contribution in [3.63, 3.8) is 0 Å². The first-order valence-corrected chi connectivity index (χ1v) is 8.73. The number of carbonyl (C=O) groups is 1. The summed E-state index contributed by atoms with van der Waals surface area (Å²) in [5.41, 5.74) is 2.40. The molecule has 3 aromatic rings. The molecule has 0 saturated carbocycles. The average Bonchev–Trinajstić information content (AvgIpc) is 3.36. The maximum Gasteiger partial charge on any atom is 0.286 e. The van der Waals surface area contributed by atoms with Gasteiger partial charge in [0.15, 0.2) is 5.76 Å². The van der Waals surface area contributed by atoms with Crippen LogP contribution in [-0.4, -0.2) is 43.5 Å². The molecule has 136 valence electrons. The highest BCUT2D eigenvalue weighted by Gasteiger charge is 2.25. The van der Waals surface area contributed by atoms with Gasteiger partial charge in [-0.1, -0.05) is 0 Å². The minimum absolute atomic E-state index is 0.182. The standard InChI is InChI=1S/C18H22N6O2/c1-22-10-14(9-21-22)11-23-12-15(24-16(13-23)5-7-20-24)4-6-19-18(25)17-3-2-8-26-17/h2-3,5,7-10,15H,4,6,11-13H2,1H3,(H,19,25)/t15-/m0/s1. The van der Waals surface area contributed by atoms with Crippen LogP contribution in [0.2, 0.25) is 0 Å². The van der Waals surface area contributed by atoms with Crippen molar-refractivity contribution in [2.75, 3.05) is 13.1 Å².